The summed E-state index contributed by atoms with van der Waals surface area (Å²) in [4.78, 5) is 0. The van der Waals surface area contributed by atoms with Crippen LogP contribution in [0.25, 0.3) is 0 Å². The zero-order valence-electron chi connectivity index (χ0n) is 14.2. The second kappa shape index (κ2) is 8.10. The molecular formula is C14H28F3GeN3Zr. The van der Waals surface area contributed by atoms with Crippen molar-refractivity contribution in [1.29, 1.82) is 0 Å². The average Bonchev–Trinajstić information content (AvgIpc) is 2.73. The van der Waals surface area contributed by atoms with Gasteiger partial charge in [0.05, 0.1) is 0 Å². The molecule has 0 saturated carbocycles. The van der Waals surface area contributed by atoms with Crippen molar-refractivity contribution in [3.05, 3.63) is 19.8 Å². The van der Waals surface area contributed by atoms with Crippen molar-refractivity contribution >= 4 is 14.7 Å². The van der Waals surface area contributed by atoms with Gasteiger partial charge in [-0.15, -0.1) is 0 Å². The van der Waals surface area contributed by atoms with E-state index in [2.05, 4.69) is 9.78 Å². The fraction of sp³-hybridized carbons (Fsp3) is 0.714. The third-order valence-corrected chi connectivity index (χ3v) is 17.6. The first-order valence-electron chi connectivity index (χ1n) is 7.78. The van der Waals surface area contributed by atoms with Gasteiger partial charge in [0.15, 0.2) is 0 Å². The van der Waals surface area contributed by atoms with Gasteiger partial charge in [0, 0.05) is 0 Å². The molecule has 22 heavy (non-hydrogen) atoms. The van der Waals surface area contributed by atoms with E-state index < -0.39 is 35.8 Å². The molecule has 0 aromatic carbocycles. The van der Waals surface area contributed by atoms with Gasteiger partial charge in [-0.2, -0.15) is 0 Å². The summed E-state index contributed by atoms with van der Waals surface area (Å²) >= 11 is -10.1. The summed E-state index contributed by atoms with van der Waals surface area (Å²) in [6, 6.07) is 0.384. The molecule has 0 aromatic rings. The SMILES string of the molecule is CC(C)[NH][Zr]([NH]C(C)C)([NH]C(C)C)[C]1=[C]([Ge]([F])([F])[F])C=CC1. The van der Waals surface area contributed by atoms with E-state index in [9.17, 15) is 10.5 Å². The van der Waals surface area contributed by atoms with Crippen LogP contribution in [0.4, 0.5) is 10.5 Å². The van der Waals surface area contributed by atoms with Crippen LogP contribution in [0, 0.1) is 0 Å². The zero-order valence-corrected chi connectivity index (χ0v) is 18.8. The Labute approximate surface area is 141 Å². The summed E-state index contributed by atoms with van der Waals surface area (Å²) in [6.07, 6.45) is 3.39. The summed E-state index contributed by atoms with van der Waals surface area (Å²) in [5.41, 5.74) is 0. The summed E-state index contributed by atoms with van der Waals surface area (Å²) in [5.74, 6) is 0. The first-order valence-corrected chi connectivity index (χ1v) is 16.1. The Morgan fingerprint density at radius 3 is 1.64 bits per heavy atom. The summed E-state index contributed by atoms with van der Waals surface area (Å²) < 4.78 is 51.6. The van der Waals surface area contributed by atoms with Gasteiger partial charge in [0.1, 0.15) is 0 Å². The van der Waals surface area contributed by atoms with Crippen LogP contribution in [0.1, 0.15) is 48.0 Å². The second-order valence-electron chi connectivity index (χ2n) is 6.64. The predicted octanol–water partition coefficient (Wildman–Crippen LogP) is 3.48. The van der Waals surface area contributed by atoms with Gasteiger partial charge in [-0.3, -0.25) is 0 Å². The molecule has 1 aliphatic rings. The first-order chi connectivity index (χ1) is 9.98. The van der Waals surface area contributed by atoms with Gasteiger partial charge in [0.25, 0.3) is 0 Å². The summed E-state index contributed by atoms with van der Waals surface area (Å²) in [5, 5.41) is 0. The molecule has 1 aliphatic carbocycles. The van der Waals surface area contributed by atoms with Crippen LogP contribution < -0.4 is 9.78 Å². The monoisotopic (exact) mass is 459 g/mol. The Bertz CT molecular complexity index is 419. The van der Waals surface area contributed by atoms with E-state index in [1.165, 1.54) is 6.08 Å². The zero-order chi connectivity index (χ0) is 17.1. The Morgan fingerprint density at radius 1 is 0.909 bits per heavy atom. The van der Waals surface area contributed by atoms with Crippen LogP contribution in [0.15, 0.2) is 19.8 Å². The van der Waals surface area contributed by atoms with Crippen molar-refractivity contribution in [2.75, 3.05) is 0 Å². The number of hydrogen-bond acceptors (Lipinski definition) is 3. The van der Waals surface area contributed by atoms with E-state index in [0.717, 1.165) is 0 Å². The van der Waals surface area contributed by atoms with Crippen molar-refractivity contribution in [2.45, 2.75) is 66.1 Å². The van der Waals surface area contributed by atoms with E-state index in [1.807, 2.05) is 41.5 Å². The van der Waals surface area contributed by atoms with Crippen LogP contribution in [0.5, 0.6) is 0 Å². The number of halogens is 3. The first kappa shape index (κ1) is 20.6. The average molecular weight is 459 g/mol. The molecule has 0 aliphatic heterocycles. The minimum absolute atomic E-state index is 0.128. The molecular weight excluding hydrogens is 431 g/mol. The number of allylic oxidation sites excluding steroid dienone is 4. The van der Waals surface area contributed by atoms with Crippen molar-refractivity contribution in [3.63, 3.8) is 0 Å². The number of rotatable bonds is 8. The van der Waals surface area contributed by atoms with E-state index in [0.29, 0.717) is 9.70 Å². The Kier molecular flexibility index (Phi) is 7.59. The fourth-order valence-electron chi connectivity index (χ4n) is 2.81. The molecule has 0 bridgehead atoms. The Morgan fingerprint density at radius 2 is 1.32 bits per heavy atom. The third kappa shape index (κ3) is 5.58. The molecule has 3 nitrogen and oxygen atoms in total. The molecule has 0 heterocycles. The van der Waals surface area contributed by atoms with Gasteiger partial charge in [-0.25, -0.2) is 0 Å². The molecule has 0 spiro atoms. The van der Waals surface area contributed by atoms with Crippen LogP contribution in [-0.2, 0) is 21.1 Å². The molecule has 0 amide bonds. The molecule has 0 unspecified atom stereocenters. The number of hydrogen-bond donors (Lipinski definition) is 3. The van der Waals surface area contributed by atoms with E-state index in [1.54, 1.807) is 6.08 Å². The quantitative estimate of drug-likeness (QED) is 0.487. The van der Waals surface area contributed by atoms with Crippen LogP contribution in [0.2, 0.25) is 0 Å². The van der Waals surface area contributed by atoms with Crippen molar-refractivity contribution < 1.29 is 31.6 Å². The molecule has 0 radical (unpaired) electrons. The van der Waals surface area contributed by atoms with Gasteiger partial charge in [-0.05, 0) is 0 Å². The van der Waals surface area contributed by atoms with Crippen LogP contribution in [0.3, 0.4) is 0 Å². The fourth-order valence-corrected chi connectivity index (χ4v) is 19.1. The Balaban J connectivity index is 3.39. The van der Waals surface area contributed by atoms with Gasteiger partial charge in [0.2, 0.25) is 0 Å². The third-order valence-electron chi connectivity index (χ3n) is 3.21. The topological polar surface area (TPSA) is 36.1 Å². The molecule has 0 atom stereocenters. The molecule has 3 N–H and O–H groups in total. The Hall–Kier alpha value is 0.576. The van der Waals surface area contributed by atoms with Gasteiger partial charge in [-0.1, -0.05) is 0 Å². The number of nitrogens with one attached hydrogen (secondary N) is 3. The summed E-state index contributed by atoms with van der Waals surface area (Å²) in [6.45, 7) is 12.0. The van der Waals surface area contributed by atoms with E-state index in [4.69, 9.17) is 0 Å². The molecule has 0 aromatic heterocycles. The van der Waals surface area contributed by atoms with Crippen molar-refractivity contribution in [2.24, 2.45) is 0 Å². The molecule has 128 valence electrons. The second-order valence-corrected chi connectivity index (χ2v) is 17.2. The molecule has 1 rings (SSSR count). The van der Waals surface area contributed by atoms with Crippen molar-refractivity contribution in [3.8, 4) is 0 Å². The van der Waals surface area contributed by atoms with E-state index >= 15 is 0 Å². The normalized spacial score (nSPS) is 16.7. The van der Waals surface area contributed by atoms with Crippen LogP contribution >= 0.6 is 0 Å². The van der Waals surface area contributed by atoms with Gasteiger partial charge >= 0.3 is 142 Å². The van der Waals surface area contributed by atoms with Crippen molar-refractivity contribution in [1.82, 2.24) is 9.78 Å². The molecule has 8 heteroatoms. The summed E-state index contributed by atoms with van der Waals surface area (Å²) in [7, 11) is 0. The predicted molar refractivity (Wildman–Crippen MR) is 84.7 cm³/mol. The maximum absolute atomic E-state index is 13.6. The molecule has 0 fully saturated rings. The van der Waals surface area contributed by atoms with Crippen LogP contribution in [-0.4, -0.2) is 32.8 Å². The van der Waals surface area contributed by atoms with Gasteiger partial charge < -0.3 is 0 Å². The standard InChI is InChI=1S/C5H4F3Ge.3C3H8N.Zr/c6-9(7,8)5-3-1-2-4-5;3*1-3(2)4;/h1,3H,2H2;3*3-4H,1-2H3;/q;3*-1;+3. The molecule has 0 saturated heterocycles. The minimum atomic E-state index is -6.36. The van der Waals surface area contributed by atoms with E-state index in [-0.39, 0.29) is 22.5 Å². The maximum atomic E-state index is 13.6.